The van der Waals surface area contributed by atoms with Gasteiger partial charge in [0.2, 0.25) is 0 Å². The Hall–Kier alpha value is -2.82. The molecule has 0 fully saturated rings. The number of nitrogens with one attached hydrogen (secondary N) is 1. The smallest absolute Gasteiger partial charge is 0.277 e. The van der Waals surface area contributed by atoms with Gasteiger partial charge in [-0.25, -0.2) is 5.43 Å². The number of aryl methyl sites for hydroxylation is 1. The van der Waals surface area contributed by atoms with Crippen molar-refractivity contribution < 1.29 is 14.6 Å². The van der Waals surface area contributed by atoms with Crippen molar-refractivity contribution in [2.45, 2.75) is 19.8 Å². The molecule has 120 valence electrons. The summed E-state index contributed by atoms with van der Waals surface area (Å²) in [6, 6.07) is 14.4. The highest BCUT2D eigenvalue weighted by atomic mass is 16.5. The molecular weight excluding hydrogens is 292 g/mol. The number of hydrogen-bond acceptors (Lipinski definition) is 4. The summed E-state index contributed by atoms with van der Waals surface area (Å²) >= 11 is 0. The zero-order valence-corrected chi connectivity index (χ0v) is 13.0. The Labute approximate surface area is 135 Å². The van der Waals surface area contributed by atoms with Gasteiger partial charge in [-0.2, -0.15) is 5.10 Å². The second kappa shape index (κ2) is 8.58. The quantitative estimate of drug-likeness (QED) is 0.610. The number of phenols is 1. The van der Waals surface area contributed by atoms with Crippen molar-refractivity contribution in [1.29, 1.82) is 0 Å². The first kappa shape index (κ1) is 16.5. The lowest BCUT2D eigenvalue weighted by molar-refractivity contribution is -0.123. The molecule has 5 nitrogen and oxygen atoms in total. The molecule has 2 rings (SSSR count). The molecule has 0 aliphatic rings. The first-order valence-electron chi connectivity index (χ1n) is 7.50. The summed E-state index contributed by atoms with van der Waals surface area (Å²) in [4.78, 5) is 11.6. The third kappa shape index (κ3) is 5.47. The molecule has 0 aromatic heterocycles. The predicted octanol–water partition coefficient (Wildman–Crippen LogP) is 2.87. The number of hydrazone groups is 1. The van der Waals surface area contributed by atoms with Crippen LogP contribution in [-0.2, 0) is 11.2 Å². The van der Waals surface area contributed by atoms with Gasteiger partial charge in [0.15, 0.2) is 6.61 Å². The third-order valence-corrected chi connectivity index (χ3v) is 3.16. The second-order valence-electron chi connectivity index (χ2n) is 5.03. The van der Waals surface area contributed by atoms with Gasteiger partial charge in [0.1, 0.15) is 11.5 Å². The fourth-order valence-corrected chi connectivity index (χ4v) is 1.99. The number of ether oxygens (including phenoxy) is 1. The van der Waals surface area contributed by atoms with E-state index in [0.29, 0.717) is 11.3 Å². The molecule has 0 radical (unpaired) electrons. The first-order chi connectivity index (χ1) is 11.2. The van der Waals surface area contributed by atoms with Crippen LogP contribution in [0.5, 0.6) is 11.5 Å². The van der Waals surface area contributed by atoms with Crippen LogP contribution in [-0.4, -0.2) is 23.8 Å². The minimum atomic E-state index is -0.366. The number of phenolic OH excluding ortho intramolecular Hbond substituents is 1. The van der Waals surface area contributed by atoms with Crippen LogP contribution in [0.1, 0.15) is 24.5 Å². The Morgan fingerprint density at radius 1 is 1.22 bits per heavy atom. The van der Waals surface area contributed by atoms with E-state index in [1.165, 1.54) is 11.8 Å². The molecule has 0 unspecified atom stereocenters. The van der Waals surface area contributed by atoms with E-state index in [1.807, 2.05) is 24.3 Å². The number of carbonyl (C=O) groups is 1. The number of rotatable bonds is 7. The molecule has 0 saturated heterocycles. The molecule has 0 aliphatic heterocycles. The van der Waals surface area contributed by atoms with Gasteiger partial charge in [-0.1, -0.05) is 37.6 Å². The molecule has 0 spiro atoms. The lowest BCUT2D eigenvalue weighted by Crippen LogP contribution is -2.24. The maximum atomic E-state index is 11.6. The van der Waals surface area contributed by atoms with E-state index in [2.05, 4.69) is 17.5 Å². The van der Waals surface area contributed by atoms with Crippen molar-refractivity contribution in [3.05, 3.63) is 59.7 Å². The largest absolute Gasteiger partial charge is 0.507 e. The molecule has 0 atom stereocenters. The SMILES string of the molecule is CCCc1ccc(OCC(=O)N/N=C\c2ccccc2O)cc1. The molecular formula is C18H20N2O3. The summed E-state index contributed by atoms with van der Waals surface area (Å²) in [6.07, 6.45) is 3.51. The number of para-hydroxylation sites is 1. The normalized spacial score (nSPS) is 10.7. The van der Waals surface area contributed by atoms with Gasteiger partial charge in [-0.15, -0.1) is 0 Å². The molecule has 2 aromatic rings. The van der Waals surface area contributed by atoms with Crippen molar-refractivity contribution in [1.82, 2.24) is 5.43 Å². The number of benzene rings is 2. The van der Waals surface area contributed by atoms with Crippen LogP contribution >= 0.6 is 0 Å². The minimum absolute atomic E-state index is 0.105. The lowest BCUT2D eigenvalue weighted by Gasteiger charge is -2.06. The Balaban J connectivity index is 1.78. The van der Waals surface area contributed by atoms with Crippen LogP contribution in [0.15, 0.2) is 53.6 Å². The van der Waals surface area contributed by atoms with Gasteiger partial charge in [0, 0.05) is 5.56 Å². The topological polar surface area (TPSA) is 70.9 Å². The molecule has 0 aliphatic carbocycles. The van der Waals surface area contributed by atoms with Crippen molar-refractivity contribution in [2.75, 3.05) is 6.61 Å². The summed E-state index contributed by atoms with van der Waals surface area (Å²) in [5.41, 5.74) is 4.13. The van der Waals surface area contributed by atoms with E-state index in [9.17, 15) is 9.90 Å². The first-order valence-corrected chi connectivity index (χ1v) is 7.50. The van der Waals surface area contributed by atoms with Crippen molar-refractivity contribution >= 4 is 12.1 Å². The lowest BCUT2D eigenvalue weighted by atomic mass is 10.1. The number of hydrogen-bond donors (Lipinski definition) is 2. The molecule has 0 heterocycles. The highest BCUT2D eigenvalue weighted by Gasteiger charge is 2.02. The third-order valence-electron chi connectivity index (χ3n) is 3.16. The Morgan fingerprint density at radius 2 is 1.96 bits per heavy atom. The molecule has 0 bridgehead atoms. The maximum Gasteiger partial charge on any atom is 0.277 e. The highest BCUT2D eigenvalue weighted by molar-refractivity contribution is 5.85. The van der Waals surface area contributed by atoms with E-state index in [-0.39, 0.29) is 18.3 Å². The van der Waals surface area contributed by atoms with Gasteiger partial charge in [-0.05, 0) is 36.2 Å². The van der Waals surface area contributed by atoms with Crippen LogP contribution in [0.25, 0.3) is 0 Å². The standard InChI is InChI=1S/C18H20N2O3/c1-2-5-14-8-10-16(11-9-14)23-13-18(22)20-19-12-15-6-3-4-7-17(15)21/h3-4,6-12,21H,2,5,13H2,1H3,(H,20,22)/b19-12-. The molecule has 0 saturated carbocycles. The second-order valence-corrected chi connectivity index (χ2v) is 5.03. The van der Waals surface area contributed by atoms with Gasteiger partial charge in [0.25, 0.3) is 5.91 Å². The van der Waals surface area contributed by atoms with Crippen LogP contribution in [0.3, 0.4) is 0 Å². The fourth-order valence-electron chi connectivity index (χ4n) is 1.99. The zero-order chi connectivity index (χ0) is 16.5. The van der Waals surface area contributed by atoms with E-state index < -0.39 is 0 Å². The fraction of sp³-hybridized carbons (Fsp3) is 0.222. The molecule has 2 aromatic carbocycles. The average molecular weight is 312 g/mol. The van der Waals surface area contributed by atoms with E-state index in [1.54, 1.807) is 24.3 Å². The molecule has 1 amide bonds. The Kier molecular flexibility index (Phi) is 6.17. The summed E-state index contributed by atoms with van der Waals surface area (Å²) in [7, 11) is 0. The van der Waals surface area contributed by atoms with Crippen LogP contribution in [0, 0.1) is 0 Å². The number of nitrogens with zero attached hydrogens (tertiary/aromatic N) is 1. The minimum Gasteiger partial charge on any atom is -0.507 e. The van der Waals surface area contributed by atoms with Crippen LogP contribution in [0.4, 0.5) is 0 Å². The predicted molar refractivity (Wildman–Crippen MR) is 89.8 cm³/mol. The molecule has 23 heavy (non-hydrogen) atoms. The zero-order valence-electron chi connectivity index (χ0n) is 13.0. The maximum absolute atomic E-state index is 11.6. The van der Waals surface area contributed by atoms with E-state index >= 15 is 0 Å². The summed E-state index contributed by atoms with van der Waals surface area (Å²) < 4.78 is 5.39. The van der Waals surface area contributed by atoms with Gasteiger partial charge >= 0.3 is 0 Å². The van der Waals surface area contributed by atoms with Gasteiger partial charge < -0.3 is 9.84 Å². The van der Waals surface area contributed by atoms with Crippen molar-refractivity contribution in [2.24, 2.45) is 5.10 Å². The van der Waals surface area contributed by atoms with Crippen molar-refractivity contribution in [3.63, 3.8) is 0 Å². The average Bonchev–Trinajstić information content (AvgIpc) is 2.56. The van der Waals surface area contributed by atoms with E-state index in [4.69, 9.17) is 4.74 Å². The van der Waals surface area contributed by atoms with Gasteiger partial charge in [-0.3, -0.25) is 4.79 Å². The van der Waals surface area contributed by atoms with E-state index in [0.717, 1.165) is 12.8 Å². The molecule has 5 heteroatoms. The van der Waals surface area contributed by atoms with Crippen LogP contribution < -0.4 is 10.2 Å². The number of carbonyl (C=O) groups excluding carboxylic acids is 1. The summed E-state index contributed by atoms with van der Waals surface area (Å²) in [5.74, 6) is 0.382. The van der Waals surface area contributed by atoms with Crippen LogP contribution in [0.2, 0.25) is 0 Å². The summed E-state index contributed by atoms with van der Waals surface area (Å²) in [5, 5.41) is 13.3. The van der Waals surface area contributed by atoms with Gasteiger partial charge in [0.05, 0.1) is 6.21 Å². The highest BCUT2D eigenvalue weighted by Crippen LogP contribution is 2.13. The number of amides is 1. The monoisotopic (exact) mass is 312 g/mol. The summed E-state index contributed by atoms with van der Waals surface area (Å²) in [6.45, 7) is 2.01. The Bertz CT molecular complexity index is 666. The van der Waals surface area contributed by atoms with Crippen molar-refractivity contribution in [3.8, 4) is 11.5 Å². The number of aromatic hydroxyl groups is 1. The molecule has 2 N–H and O–H groups in total. The Morgan fingerprint density at radius 3 is 2.65 bits per heavy atom.